The first-order valence-electron chi connectivity index (χ1n) is 8.56. The molecule has 25 heavy (non-hydrogen) atoms. The fourth-order valence-electron chi connectivity index (χ4n) is 2.37. The third-order valence-electron chi connectivity index (χ3n) is 3.85. The summed E-state index contributed by atoms with van der Waals surface area (Å²) in [5.74, 6) is 2.11. The van der Waals surface area contributed by atoms with E-state index in [-0.39, 0.29) is 12.1 Å². The third kappa shape index (κ3) is 5.77. The van der Waals surface area contributed by atoms with Crippen LogP contribution in [0.15, 0.2) is 30.6 Å². The van der Waals surface area contributed by atoms with E-state index in [1.807, 2.05) is 38.2 Å². The largest absolute Gasteiger partial charge is 0.493 e. The molecule has 0 bridgehead atoms. The van der Waals surface area contributed by atoms with Crippen LogP contribution in [0, 0.1) is 5.92 Å². The van der Waals surface area contributed by atoms with Crippen molar-refractivity contribution in [1.82, 2.24) is 25.4 Å². The number of hydrogen-bond acceptors (Lipinski definition) is 4. The Kier molecular flexibility index (Phi) is 6.80. The van der Waals surface area contributed by atoms with Gasteiger partial charge >= 0.3 is 6.03 Å². The first-order chi connectivity index (χ1) is 12.0. The highest BCUT2D eigenvalue weighted by molar-refractivity contribution is 5.74. The van der Waals surface area contributed by atoms with Crippen molar-refractivity contribution in [2.75, 3.05) is 6.61 Å². The number of carbonyl (C=O) groups excluding carboxylic acids is 1. The van der Waals surface area contributed by atoms with Crippen molar-refractivity contribution in [2.24, 2.45) is 13.0 Å². The Labute approximate surface area is 148 Å². The summed E-state index contributed by atoms with van der Waals surface area (Å²) in [4.78, 5) is 12.1. The monoisotopic (exact) mass is 345 g/mol. The van der Waals surface area contributed by atoms with Crippen molar-refractivity contribution in [3.05, 3.63) is 42.0 Å². The fraction of sp³-hybridized carbons (Fsp3) is 0.500. The number of nitrogens with one attached hydrogen (secondary N) is 2. The number of para-hydroxylation sites is 1. The first-order valence-corrected chi connectivity index (χ1v) is 8.56. The first kappa shape index (κ1) is 18.8. The van der Waals surface area contributed by atoms with E-state index in [1.54, 1.807) is 10.9 Å². The number of aromatic nitrogens is 3. The molecule has 1 atom stereocenters. The molecule has 0 spiro atoms. The van der Waals surface area contributed by atoms with Crippen LogP contribution in [0.4, 0.5) is 4.79 Å². The average molecular weight is 345 g/mol. The average Bonchev–Trinajstić information content (AvgIpc) is 3.00. The maximum Gasteiger partial charge on any atom is 0.315 e. The molecule has 2 amide bonds. The second-order valence-electron chi connectivity index (χ2n) is 6.49. The van der Waals surface area contributed by atoms with Crippen molar-refractivity contribution >= 4 is 6.03 Å². The molecule has 2 rings (SSSR count). The summed E-state index contributed by atoms with van der Waals surface area (Å²) < 4.78 is 7.62. The van der Waals surface area contributed by atoms with Crippen LogP contribution in [0.5, 0.6) is 5.75 Å². The molecule has 0 aliphatic rings. The van der Waals surface area contributed by atoms with Gasteiger partial charge in [-0.25, -0.2) is 4.79 Å². The van der Waals surface area contributed by atoms with Gasteiger partial charge in [-0.3, -0.25) is 0 Å². The van der Waals surface area contributed by atoms with Gasteiger partial charge in [0.1, 0.15) is 12.1 Å². The SMILES string of the molecule is CC(C)CCOc1ccccc1CNC(=O)N[C@@H](C)c1nncn1C. The van der Waals surface area contributed by atoms with Crippen LogP contribution in [0.25, 0.3) is 0 Å². The Morgan fingerprint density at radius 3 is 2.72 bits per heavy atom. The Hall–Kier alpha value is -2.57. The molecule has 1 aromatic carbocycles. The van der Waals surface area contributed by atoms with Gasteiger partial charge in [-0.15, -0.1) is 10.2 Å². The molecule has 136 valence electrons. The van der Waals surface area contributed by atoms with E-state index in [2.05, 4.69) is 34.7 Å². The zero-order chi connectivity index (χ0) is 18.2. The molecule has 0 aliphatic carbocycles. The molecule has 0 unspecified atom stereocenters. The lowest BCUT2D eigenvalue weighted by Gasteiger charge is -2.15. The van der Waals surface area contributed by atoms with E-state index in [1.165, 1.54) is 0 Å². The number of nitrogens with zero attached hydrogens (tertiary/aromatic N) is 3. The van der Waals surface area contributed by atoms with Gasteiger partial charge in [0.05, 0.1) is 12.6 Å². The molecule has 0 fully saturated rings. The molecule has 7 heteroatoms. The molecular weight excluding hydrogens is 318 g/mol. The molecule has 0 radical (unpaired) electrons. The van der Waals surface area contributed by atoms with Crippen LogP contribution < -0.4 is 15.4 Å². The van der Waals surface area contributed by atoms with E-state index < -0.39 is 0 Å². The topological polar surface area (TPSA) is 81.1 Å². The predicted molar refractivity (Wildman–Crippen MR) is 96.2 cm³/mol. The second kappa shape index (κ2) is 9.05. The Morgan fingerprint density at radius 1 is 1.28 bits per heavy atom. The van der Waals surface area contributed by atoms with Gasteiger partial charge < -0.3 is 19.9 Å². The third-order valence-corrected chi connectivity index (χ3v) is 3.85. The molecule has 7 nitrogen and oxygen atoms in total. The van der Waals surface area contributed by atoms with Crippen LogP contribution in [0.3, 0.4) is 0 Å². The quantitative estimate of drug-likeness (QED) is 0.771. The zero-order valence-electron chi connectivity index (χ0n) is 15.3. The summed E-state index contributed by atoms with van der Waals surface area (Å²) in [6, 6.07) is 7.27. The lowest BCUT2D eigenvalue weighted by atomic mass is 10.1. The minimum atomic E-state index is -0.257. The summed E-state index contributed by atoms with van der Waals surface area (Å²) in [5, 5.41) is 13.5. The number of hydrogen-bond donors (Lipinski definition) is 2. The standard InChI is InChI=1S/C18H27N5O2/c1-13(2)9-10-25-16-8-6-5-7-15(16)11-19-18(24)21-14(3)17-22-20-12-23(17)4/h5-8,12-14H,9-11H2,1-4H3,(H2,19,21,24)/t14-/m0/s1. The predicted octanol–water partition coefficient (Wildman–Crippen LogP) is 2.80. The number of aryl methyl sites for hydroxylation is 1. The van der Waals surface area contributed by atoms with E-state index in [4.69, 9.17) is 4.74 Å². The summed E-state index contributed by atoms with van der Waals surface area (Å²) in [6.07, 6.45) is 2.60. The highest BCUT2D eigenvalue weighted by atomic mass is 16.5. The smallest absolute Gasteiger partial charge is 0.315 e. The minimum absolute atomic E-state index is 0.231. The normalized spacial score (nSPS) is 12.0. The van der Waals surface area contributed by atoms with Gasteiger partial charge in [0.25, 0.3) is 0 Å². The van der Waals surface area contributed by atoms with Crippen molar-refractivity contribution in [1.29, 1.82) is 0 Å². The molecule has 2 N–H and O–H groups in total. The Balaban J connectivity index is 1.86. The zero-order valence-corrected chi connectivity index (χ0v) is 15.3. The minimum Gasteiger partial charge on any atom is -0.493 e. The van der Waals surface area contributed by atoms with Gasteiger partial charge in [-0.05, 0) is 25.3 Å². The lowest BCUT2D eigenvalue weighted by molar-refractivity contribution is 0.236. The molecule has 0 saturated carbocycles. The van der Waals surface area contributed by atoms with Crippen molar-refractivity contribution in [3.63, 3.8) is 0 Å². The Bertz CT molecular complexity index is 684. The van der Waals surface area contributed by atoms with E-state index >= 15 is 0 Å². The van der Waals surface area contributed by atoms with Crippen molar-refractivity contribution in [3.8, 4) is 5.75 Å². The molecule has 1 heterocycles. The van der Waals surface area contributed by atoms with Gasteiger partial charge in [-0.2, -0.15) is 0 Å². The summed E-state index contributed by atoms with van der Waals surface area (Å²) in [5.41, 5.74) is 0.952. The maximum absolute atomic E-state index is 12.1. The highest BCUT2D eigenvalue weighted by Crippen LogP contribution is 2.18. The summed E-state index contributed by atoms with van der Waals surface area (Å²) in [7, 11) is 1.84. The number of ether oxygens (including phenoxy) is 1. The lowest BCUT2D eigenvalue weighted by Crippen LogP contribution is -2.37. The van der Waals surface area contributed by atoms with Gasteiger partial charge in [0.15, 0.2) is 5.82 Å². The van der Waals surface area contributed by atoms with Crippen LogP contribution in [0.1, 0.15) is 44.6 Å². The molecular formula is C18H27N5O2. The number of urea groups is 1. The van der Waals surface area contributed by atoms with Crippen LogP contribution in [-0.2, 0) is 13.6 Å². The summed E-state index contributed by atoms with van der Waals surface area (Å²) >= 11 is 0. The fourth-order valence-corrected chi connectivity index (χ4v) is 2.37. The van der Waals surface area contributed by atoms with Crippen LogP contribution in [-0.4, -0.2) is 27.4 Å². The number of rotatable bonds is 8. The molecule has 1 aromatic heterocycles. The number of benzene rings is 1. The van der Waals surface area contributed by atoms with Gasteiger partial charge in [0.2, 0.25) is 0 Å². The number of carbonyl (C=O) groups is 1. The molecule has 0 aliphatic heterocycles. The van der Waals surface area contributed by atoms with Crippen LogP contribution >= 0.6 is 0 Å². The van der Waals surface area contributed by atoms with Crippen molar-refractivity contribution in [2.45, 2.75) is 39.8 Å². The van der Waals surface area contributed by atoms with E-state index in [9.17, 15) is 4.79 Å². The molecule has 2 aromatic rings. The maximum atomic E-state index is 12.1. The van der Waals surface area contributed by atoms with Crippen molar-refractivity contribution < 1.29 is 9.53 Å². The van der Waals surface area contributed by atoms with Gasteiger partial charge in [0, 0.05) is 19.2 Å². The Morgan fingerprint density at radius 2 is 2.04 bits per heavy atom. The van der Waals surface area contributed by atoms with Crippen LogP contribution in [0.2, 0.25) is 0 Å². The van der Waals surface area contributed by atoms with Gasteiger partial charge in [-0.1, -0.05) is 32.0 Å². The van der Waals surface area contributed by atoms with E-state index in [0.717, 1.165) is 17.7 Å². The van der Waals surface area contributed by atoms with E-state index in [0.29, 0.717) is 24.9 Å². The highest BCUT2D eigenvalue weighted by Gasteiger charge is 2.14. The molecule has 0 saturated heterocycles. The number of amides is 2. The second-order valence-corrected chi connectivity index (χ2v) is 6.49. The summed E-state index contributed by atoms with van der Waals surface area (Å²) in [6.45, 7) is 7.27.